The molecule has 1 heterocycles. The van der Waals surface area contributed by atoms with E-state index in [0.717, 1.165) is 50.1 Å². The Bertz CT molecular complexity index is 3480. The summed E-state index contributed by atoms with van der Waals surface area (Å²) in [5, 5.41) is 7.25. The molecule has 0 fully saturated rings. The van der Waals surface area contributed by atoms with Gasteiger partial charge in [-0.2, -0.15) is 0 Å². The van der Waals surface area contributed by atoms with E-state index in [9.17, 15) is 0 Å². The zero-order valence-corrected chi connectivity index (χ0v) is 34.1. The lowest BCUT2D eigenvalue weighted by Gasteiger charge is -2.28. The largest absolute Gasteiger partial charge is 0.455 e. The number of benzene rings is 10. The molecular formula is C59H41NO. The van der Waals surface area contributed by atoms with E-state index in [2.05, 4.69) is 219 Å². The molecule has 0 spiro atoms. The van der Waals surface area contributed by atoms with Crippen LogP contribution in [0.2, 0.25) is 0 Å². The molecule has 0 N–H and O–H groups in total. The summed E-state index contributed by atoms with van der Waals surface area (Å²) in [7, 11) is 0. The molecule has 10 aromatic carbocycles. The van der Waals surface area contributed by atoms with E-state index in [1.54, 1.807) is 0 Å². The summed E-state index contributed by atoms with van der Waals surface area (Å²) < 4.78 is 6.37. The fourth-order valence-corrected chi connectivity index (χ4v) is 9.81. The first-order chi connectivity index (χ1) is 30.0. The first-order valence-corrected chi connectivity index (χ1v) is 21.2. The average Bonchev–Trinajstić information content (AvgIpc) is 3.80. The van der Waals surface area contributed by atoms with Crippen molar-refractivity contribution in [3.8, 4) is 44.5 Å². The molecule has 12 rings (SSSR count). The van der Waals surface area contributed by atoms with Crippen molar-refractivity contribution in [2.45, 2.75) is 19.3 Å². The summed E-state index contributed by atoms with van der Waals surface area (Å²) in [6.45, 7) is 4.75. The Hall–Kier alpha value is -7.68. The smallest absolute Gasteiger partial charge is 0.143 e. The number of fused-ring (bicyclic) bond motifs is 8. The van der Waals surface area contributed by atoms with E-state index in [1.807, 2.05) is 12.1 Å². The molecule has 0 saturated heterocycles. The number of nitrogens with zero attached hydrogens (tertiary/aromatic N) is 1. The van der Waals surface area contributed by atoms with Crippen LogP contribution in [0.25, 0.3) is 88.0 Å². The first kappa shape index (κ1) is 35.3. The Morgan fingerprint density at radius 2 is 0.885 bits per heavy atom. The Morgan fingerprint density at radius 1 is 0.344 bits per heavy atom. The van der Waals surface area contributed by atoms with Gasteiger partial charge in [0.05, 0.1) is 0 Å². The molecule has 11 aromatic rings. The number of rotatable bonds is 6. The summed E-state index contributed by atoms with van der Waals surface area (Å²) in [5.74, 6) is 0. The SMILES string of the molecule is CC1(C)c2cc(-c3ccccc3)ccc2-c2ccc(N(c3ccc(-c4ccc(-c5cccc6c5oc5ccccc56)cc4)cc3)c3ccc4cc5ccccc5cc4c3)cc21. The normalized spacial score (nSPS) is 12.9. The Labute approximate surface area is 355 Å². The molecule has 0 unspecified atom stereocenters. The third-order valence-electron chi connectivity index (χ3n) is 13.0. The number of anilines is 3. The molecule has 288 valence electrons. The van der Waals surface area contributed by atoms with Gasteiger partial charge in [0.1, 0.15) is 11.2 Å². The van der Waals surface area contributed by atoms with Gasteiger partial charge < -0.3 is 9.32 Å². The van der Waals surface area contributed by atoms with Gasteiger partial charge in [0, 0.05) is 38.8 Å². The van der Waals surface area contributed by atoms with Crippen LogP contribution in [0.5, 0.6) is 0 Å². The third-order valence-corrected chi connectivity index (χ3v) is 13.0. The molecule has 1 aliphatic rings. The van der Waals surface area contributed by atoms with Crippen LogP contribution in [0.1, 0.15) is 25.0 Å². The predicted octanol–water partition coefficient (Wildman–Crippen LogP) is 16.7. The van der Waals surface area contributed by atoms with E-state index in [4.69, 9.17) is 4.42 Å². The van der Waals surface area contributed by atoms with Crippen LogP contribution >= 0.6 is 0 Å². The second-order valence-corrected chi connectivity index (χ2v) is 17.0. The average molecular weight is 780 g/mol. The standard InChI is InChI=1S/C59H41NO/c1-59(2)55-36-45(38-11-4-3-5-12-38)26-31-51(55)52-32-30-49(37-56(52)59)60(48-29-25-44-33-42-13-6-7-14-43(42)34-46(44)35-48)47-27-23-40(24-28-47)39-19-21-41(22-20-39)50-16-10-17-54-53-15-8-9-18-57(53)61-58(50)54/h3-37H,1-2H3. The van der Waals surface area contributed by atoms with Gasteiger partial charge >= 0.3 is 0 Å². The number of para-hydroxylation sites is 2. The summed E-state index contributed by atoms with van der Waals surface area (Å²) in [6, 6.07) is 77.5. The molecule has 2 nitrogen and oxygen atoms in total. The van der Waals surface area contributed by atoms with Crippen LogP contribution in [-0.4, -0.2) is 0 Å². The van der Waals surface area contributed by atoms with Crippen LogP contribution < -0.4 is 4.90 Å². The van der Waals surface area contributed by atoms with E-state index in [1.165, 1.54) is 66.1 Å². The maximum Gasteiger partial charge on any atom is 0.143 e. The van der Waals surface area contributed by atoms with E-state index < -0.39 is 0 Å². The van der Waals surface area contributed by atoms with Crippen molar-refractivity contribution in [2.24, 2.45) is 0 Å². The zero-order valence-electron chi connectivity index (χ0n) is 34.1. The molecule has 2 heteroatoms. The Morgan fingerprint density at radius 3 is 1.67 bits per heavy atom. The lowest BCUT2D eigenvalue weighted by molar-refractivity contribution is 0.660. The predicted molar refractivity (Wildman–Crippen MR) is 257 cm³/mol. The molecule has 0 aliphatic heterocycles. The van der Waals surface area contributed by atoms with Gasteiger partial charge in [0.15, 0.2) is 0 Å². The van der Waals surface area contributed by atoms with Gasteiger partial charge in [-0.1, -0.05) is 166 Å². The quantitative estimate of drug-likeness (QED) is 0.156. The maximum absolute atomic E-state index is 6.37. The fourth-order valence-electron chi connectivity index (χ4n) is 9.81. The molecule has 0 saturated carbocycles. The molecule has 0 amide bonds. The van der Waals surface area contributed by atoms with Crippen molar-refractivity contribution < 1.29 is 4.42 Å². The second-order valence-electron chi connectivity index (χ2n) is 17.0. The highest BCUT2D eigenvalue weighted by Crippen LogP contribution is 2.52. The molecule has 61 heavy (non-hydrogen) atoms. The lowest BCUT2D eigenvalue weighted by atomic mass is 9.81. The van der Waals surface area contributed by atoms with Gasteiger partial charge in [0.25, 0.3) is 0 Å². The highest BCUT2D eigenvalue weighted by Gasteiger charge is 2.36. The molecule has 0 bridgehead atoms. The monoisotopic (exact) mass is 779 g/mol. The second kappa shape index (κ2) is 13.7. The minimum atomic E-state index is -0.175. The van der Waals surface area contributed by atoms with Crippen molar-refractivity contribution in [3.05, 3.63) is 223 Å². The molecular weight excluding hydrogens is 739 g/mol. The highest BCUT2D eigenvalue weighted by molar-refractivity contribution is 6.09. The number of furan rings is 1. The van der Waals surface area contributed by atoms with E-state index >= 15 is 0 Å². The Balaban J connectivity index is 0.932. The van der Waals surface area contributed by atoms with Gasteiger partial charge in [-0.3, -0.25) is 0 Å². The van der Waals surface area contributed by atoms with Gasteiger partial charge in [0.2, 0.25) is 0 Å². The molecule has 1 aliphatic carbocycles. The van der Waals surface area contributed by atoms with Gasteiger partial charge in [-0.25, -0.2) is 0 Å². The Kier molecular flexibility index (Phi) is 7.92. The summed E-state index contributed by atoms with van der Waals surface area (Å²) in [5.41, 5.74) is 17.5. The van der Waals surface area contributed by atoms with Crippen LogP contribution in [0.15, 0.2) is 217 Å². The number of hydrogen-bond acceptors (Lipinski definition) is 2. The van der Waals surface area contributed by atoms with E-state index in [-0.39, 0.29) is 5.41 Å². The van der Waals surface area contributed by atoms with Crippen LogP contribution in [-0.2, 0) is 5.41 Å². The minimum Gasteiger partial charge on any atom is -0.455 e. The van der Waals surface area contributed by atoms with Crippen molar-refractivity contribution in [1.29, 1.82) is 0 Å². The molecule has 0 atom stereocenters. The van der Waals surface area contributed by atoms with Crippen molar-refractivity contribution >= 4 is 60.5 Å². The highest BCUT2D eigenvalue weighted by atomic mass is 16.3. The summed E-state index contributed by atoms with van der Waals surface area (Å²) in [4.78, 5) is 2.42. The lowest BCUT2D eigenvalue weighted by Crippen LogP contribution is -2.16. The van der Waals surface area contributed by atoms with Crippen LogP contribution in [0.3, 0.4) is 0 Å². The topological polar surface area (TPSA) is 16.4 Å². The molecule has 0 radical (unpaired) electrons. The maximum atomic E-state index is 6.37. The van der Waals surface area contributed by atoms with Gasteiger partial charge in [-0.05, 0) is 132 Å². The zero-order chi connectivity index (χ0) is 40.7. The fraction of sp³-hybridized carbons (Fsp3) is 0.0508. The van der Waals surface area contributed by atoms with Crippen LogP contribution in [0.4, 0.5) is 17.1 Å². The summed E-state index contributed by atoms with van der Waals surface area (Å²) in [6.07, 6.45) is 0. The van der Waals surface area contributed by atoms with Crippen molar-refractivity contribution in [1.82, 2.24) is 0 Å². The first-order valence-electron chi connectivity index (χ1n) is 21.2. The van der Waals surface area contributed by atoms with E-state index in [0.29, 0.717) is 0 Å². The summed E-state index contributed by atoms with van der Waals surface area (Å²) >= 11 is 0. The number of hydrogen-bond donors (Lipinski definition) is 0. The third kappa shape index (κ3) is 5.79. The molecule has 1 aromatic heterocycles. The van der Waals surface area contributed by atoms with Crippen LogP contribution in [0, 0.1) is 0 Å². The van der Waals surface area contributed by atoms with Crippen molar-refractivity contribution in [3.63, 3.8) is 0 Å². The van der Waals surface area contributed by atoms with Crippen molar-refractivity contribution in [2.75, 3.05) is 4.90 Å². The van der Waals surface area contributed by atoms with Gasteiger partial charge in [-0.15, -0.1) is 0 Å². The minimum absolute atomic E-state index is 0.175.